The van der Waals surface area contributed by atoms with Gasteiger partial charge in [0.1, 0.15) is 6.07 Å². The first-order valence-electron chi connectivity index (χ1n) is 5.46. The molecule has 0 saturated carbocycles. The van der Waals surface area contributed by atoms with Crippen LogP contribution in [0, 0.1) is 30.4 Å². The molecule has 0 aliphatic carbocycles. The number of rotatable bonds is 5. The van der Waals surface area contributed by atoms with Crippen LogP contribution in [0.15, 0.2) is 17.2 Å². The molecule has 0 radical (unpaired) electrons. The number of nitrogens with one attached hydrogen (secondary N) is 2. The summed E-state index contributed by atoms with van der Waals surface area (Å²) < 4.78 is 4.86. The number of hydrazone groups is 1. The van der Waals surface area contributed by atoms with Crippen molar-refractivity contribution in [1.82, 2.24) is 0 Å². The third kappa shape index (κ3) is 3.88. The molecule has 0 spiro atoms. The molecular weight excluding hydrogens is 407 g/mol. The van der Waals surface area contributed by atoms with Gasteiger partial charge >= 0.3 is 5.97 Å². The number of benzene rings is 1. The van der Waals surface area contributed by atoms with E-state index in [9.17, 15) is 14.9 Å². The van der Waals surface area contributed by atoms with E-state index in [2.05, 4.69) is 15.3 Å². The van der Waals surface area contributed by atoms with Gasteiger partial charge in [0.15, 0.2) is 5.84 Å². The number of methoxy groups -OCH3 is 1. The van der Waals surface area contributed by atoms with Crippen LogP contribution in [0.3, 0.4) is 0 Å². The monoisotopic (exact) mass is 416 g/mol. The second-order valence-electron chi connectivity index (χ2n) is 3.70. The van der Waals surface area contributed by atoms with Gasteiger partial charge in [0, 0.05) is 15.7 Å². The van der Waals surface area contributed by atoms with E-state index in [1.165, 1.54) is 6.07 Å². The van der Waals surface area contributed by atoms with Crippen LogP contribution >= 0.6 is 22.6 Å². The molecule has 4 N–H and O–H groups in total. The summed E-state index contributed by atoms with van der Waals surface area (Å²) in [6.45, 7) is 0. The highest BCUT2D eigenvalue weighted by molar-refractivity contribution is 14.1. The van der Waals surface area contributed by atoms with Gasteiger partial charge in [-0.3, -0.25) is 20.9 Å². The number of carbonyl (C=O) groups is 1. The molecule has 1 aromatic rings. The molecule has 0 amide bonds. The first kappa shape index (κ1) is 17.3. The highest BCUT2D eigenvalue weighted by Gasteiger charge is 2.21. The Labute approximate surface area is 137 Å². The van der Waals surface area contributed by atoms with E-state index in [4.69, 9.17) is 16.4 Å². The smallest absolute Gasteiger partial charge is 0.340 e. The summed E-state index contributed by atoms with van der Waals surface area (Å²) in [7, 11) is 1.12. The van der Waals surface area contributed by atoms with Crippen LogP contribution < -0.4 is 11.2 Å². The van der Waals surface area contributed by atoms with Gasteiger partial charge in [-0.25, -0.2) is 4.79 Å². The van der Waals surface area contributed by atoms with Crippen LogP contribution in [0.4, 0.5) is 11.4 Å². The van der Waals surface area contributed by atoms with Gasteiger partial charge in [0.2, 0.25) is 5.71 Å². The average molecular weight is 416 g/mol. The van der Waals surface area contributed by atoms with Gasteiger partial charge in [-0.05, 0) is 22.6 Å². The maximum atomic E-state index is 11.7. The molecule has 11 heteroatoms. The zero-order valence-corrected chi connectivity index (χ0v) is 13.2. The number of nitriles is 1. The fourth-order valence-electron chi connectivity index (χ4n) is 1.34. The van der Waals surface area contributed by atoms with E-state index in [1.807, 2.05) is 0 Å². The van der Waals surface area contributed by atoms with Crippen molar-refractivity contribution in [1.29, 1.82) is 10.7 Å². The van der Waals surface area contributed by atoms with Crippen LogP contribution in [-0.4, -0.2) is 29.5 Å². The number of carbonyl (C=O) groups excluding carboxylic acids is 1. The highest BCUT2D eigenvalue weighted by atomic mass is 127. The lowest BCUT2D eigenvalue weighted by molar-refractivity contribution is -0.385. The molecule has 22 heavy (non-hydrogen) atoms. The fraction of sp³-hybridized carbons (Fsp3) is 0.0909. The van der Waals surface area contributed by atoms with Crippen molar-refractivity contribution < 1.29 is 14.5 Å². The third-order valence-electron chi connectivity index (χ3n) is 2.33. The van der Waals surface area contributed by atoms with Crippen molar-refractivity contribution in [3.63, 3.8) is 0 Å². The number of amidine groups is 1. The first-order valence-corrected chi connectivity index (χ1v) is 6.54. The van der Waals surface area contributed by atoms with Crippen LogP contribution in [0.2, 0.25) is 0 Å². The molecule has 0 atom stereocenters. The lowest BCUT2D eigenvalue weighted by Gasteiger charge is -2.09. The minimum atomic E-state index is -0.819. The number of hydrogen-bond donors (Lipinski definition) is 3. The predicted octanol–water partition coefficient (Wildman–Crippen LogP) is 1.21. The molecule has 0 unspecified atom stereocenters. The predicted molar refractivity (Wildman–Crippen MR) is 85.7 cm³/mol. The quantitative estimate of drug-likeness (QED) is 0.162. The minimum absolute atomic E-state index is 0.104. The summed E-state index contributed by atoms with van der Waals surface area (Å²) in [5.41, 5.74) is 6.83. The summed E-state index contributed by atoms with van der Waals surface area (Å²) in [6, 6.07) is 3.83. The van der Waals surface area contributed by atoms with Gasteiger partial charge in [-0.1, -0.05) is 0 Å². The number of non-ortho nitro benzene ring substituents is 1. The number of nitrogens with two attached hydrogens (primary N) is 1. The first-order chi connectivity index (χ1) is 10.3. The largest absolute Gasteiger partial charge is 0.465 e. The SMILES string of the molecule is COC(=O)c1cc([N+](=O)[O-])cc(I)c1N/N=C(\C#N)C(=N)N. The Morgan fingerprint density at radius 2 is 2.27 bits per heavy atom. The van der Waals surface area contributed by atoms with Gasteiger partial charge in [-0.2, -0.15) is 10.4 Å². The summed E-state index contributed by atoms with van der Waals surface area (Å²) in [5.74, 6) is -1.38. The lowest BCUT2D eigenvalue weighted by Crippen LogP contribution is -2.22. The molecule has 1 aromatic carbocycles. The number of ether oxygens (including phenoxy) is 1. The Kier molecular flexibility index (Phi) is 5.75. The number of anilines is 1. The van der Waals surface area contributed by atoms with E-state index >= 15 is 0 Å². The zero-order valence-electron chi connectivity index (χ0n) is 11.1. The zero-order chi connectivity index (χ0) is 16.9. The normalized spacial score (nSPS) is 10.5. The second kappa shape index (κ2) is 7.31. The molecule has 0 aromatic heterocycles. The maximum Gasteiger partial charge on any atom is 0.340 e. The molecule has 0 bridgehead atoms. The summed E-state index contributed by atoms with van der Waals surface area (Å²) >= 11 is 1.76. The van der Waals surface area contributed by atoms with E-state index in [-0.39, 0.29) is 16.9 Å². The van der Waals surface area contributed by atoms with Crippen molar-refractivity contribution in [2.75, 3.05) is 12.5 Å². The van der Waals surface area contributed by atoms with Crippen LogP contribution in [-0.2, 0) is 4.74 Å². The fourth-order valence-corrected chi connectivity index (χ4v) is 2.07. The van der Waals surface area contributed by atoms with Crippen molar-refractivity contribution >= 4 is 51.5 Å². The summed E-state index contributed by atoms with van der Waals surface area (Å²) in [4.78, 5) is 21.9. The molecule has 114 valence electrons. The van der Waals surface area contributed by atoms with Crippen LogP contribution in [0.5, 0.6) is 0 Å². The summed E-state index contributed by atoms with van der Waals surface area (Å²) in [5, 5.41) is 30.3. The average Bonchev–Trinajstić information content (AvgIpc) is 2.47. The van der Waals surface area contributed by atoms with Gasteiger partial charge < -0.3 is 10.5 Å². The number of esters is 1. The maximum absolute atomic E-state index is 11.7. The van der Waals surface area contributed by atoms with Crippen molar-refractivity contribution in [2.45, 2.75) is 0 Å². The Morgan fingerprint density at radius 3 is 2.73 bits per heavy atom. The van der Waals surface area contributed by atoms with E-state index < -0.39 is 22.4 Å². The van der Waals surface area contributed by atoms with Gasteiger partial charge in [0.05, 0.1) is 23.3 Å². The molecule has 0 heterocycles. The second-order valence-corrected chi connectivity index (χ2v) is 4.86. The Morgan fingerprint density at radius 1 is 1.64 bits per heavy atom. The van der Waals surface area contributed by atoms with Gasteiger partial charge in [-0.15, -0.1) is 0 Å². The number of halogens is 1. The molecule has 0 saturated heterocycles. The Bertz CT molecular complexity index is 724. The number of hydrogen-bond acceptors (Lipinski definition) is 8. The van der Waals surface area contributed by atoms with E-state index in [1.54, 1.807) is 28.7 Å². The molecule has 1 rings (SSSR count). The van der Waals surface area contributed by atoms with Gasteiger partial charge in [0.25, 0.3) is 5.69 Å². The van der Waals surface area contributed by atoms with Crippen LogP contribution in [0.25, 0.3) is 0 Å². The minimum Gasteiger partial charge on any atom is -0.465 e. The number of nitro benzene ring substituents is 1. The molecule has 0 aliphatic rings. The number of nitrogens with zero attached hydrogens (tertiary/aromatic N) is 3. The van der Waals surface area contributed by atoms with E-state index in [0.29, 0.717) is 3.57 Å². The molecular formula is C11H9IN6O4. The highest BCUT2D eigenvalue weighted by Crippen LogP contribution is 2.29. The molecule has 0 fully saturated rings. The lowest BCUT2D eigenvalue weighted by atomic mass is 10.1. The third-order valence-corrected chi connectivity index (χ3v) is 3.18. The standard InChI is InChI=1S/C11H9IN6O4/c1-22-11(19)6-2-5(18(20)21)3-7(12)9(6)17-16-8(4-13)10(14)15/h2-3,17H,1H3,(H3,14,15)/b16-8+. The topological polar surface area (TPSA) is 167 Å². The number of nitro groups is 1. The molecule has 10 nitrogen and oxygen atoms in total. The summed E-state index contributed by atoms with van der Waals surface area (Å²) in [6.07, 6.45) is 0. The van der Waals surface area contributed by atoms with E-state index in [0.717, 1.165) is 13.2 Å². The molecule has 0 aliphatic heterocycles. The van der Waals surface area contributed by atoms with Crippen LogP contribution in [0.1, 0.15) is 10.4 Å². The Hall–Kier alpha value is -2.75. The van der Waals surface area contributed by atoms with Crippen molar-refractivity contribution in [3.8, 4) is 6.07 Å². The Balaban J connectivity index is 3.41. The van der Waals surface area contributed by atoms with Crippen molar-refractivity contribution in [2.24, 2.45) is 10.8 Å². The van der Waals surface area contributed by atoms with Crippen molar-refractivity contribution in [3.05, 3.63) is 31.4 Å².